The van der Waals surface area contributed by atoms with Crippen LogP contribution in [0.1, 0.15) is 23.2 Å². The molecule has 0 bridgehead atoms. The number of Topliss-reactive ketones (excluding diaryl/α,β-unsaturated/α-hetero) is 1. The molecular formula is C12H10Cl3NO. The van der Waals surface area contributed by atoms with Gasteiger partial charge in [-0.05, 0) is 18.6 Å². The van der Waals surface area contributed by atoms with Gasteiger partial charge in [-0.1, -0.05) is 23.2 Å². The molecule has 0 aliphatic carbocycles. The molecule has 0 unspecified atom stereocenters. The van der Waals surface area contributed by atoms with E-state index in [0.717, 1.165) is 10.9 Å². The molecule has 0 radical (unpaired) electrons. The molecule has 0 amide bonds. The van der Waals surface area contributed by atoms with Gasteiger partial charge in [0.1, 0.15) is 0 Å². The van der Waals surface area contributed by atoms with E-state index < -0.39 is 0 Å². The van der Waals surface area contributed by atoms with Crippen molar-refractivity contribution in [2.45, 2.75) is 12.8 Å². The van der Waals surface area contributed by atoms with Crippen molar-refractivity contribution in [2.75, 3.05) is 5.88 Å². The summed E-state index contributed by atoms with van der Waals surface area (Å²) < 4.78 is 0. The monoisotopic (exact) mass is 289 g/mol. The zero-order chi connectivity index (χ0) is 12.4. The topological polar surface area (TPSA) is 32.9 Å². The number of carbonyl (C=O) groups excluding carboxylic acids is 1. The zero-order valence-electron chi connectivity index (χ0n) is 8.90. The Bertz CT molecular complexity index is 562. The molecule has 1 aromatic heterocycles. The van der Waals surface area contributed by atoms with Gasteiger partial charge in [0.15, 0.2) is 5.78 Å². The first kappa shape index (κ1) is 12.7. The SMILES string of the molecule is O=C(CCCCl)c1c[nH]c2cc(Cl)cc(Cl)c12. The number of carbonyl (C=O) groups is 1. The van der Waals surface area contributed by atoms with Gasteiger partial charge in [-0.15, -0.1) is 11.6 Å². The van der Waals surface area contributed by atoms with Crippen LogP contribution in [0.25, 0.3) is 10.9 Å². The van der Waals surface area contributed by atoms with E-state index in [1.54, 1.807) is 18.3 Å². The molecule has 1 N–H and O–H groups in total. The Kier molecular flexibility index (Phi) is 3.97. The van der Waals surface area contributed by atoms with Crippen LogP contribution < -0.4 is 0 Å². The fourth-order valence-electron chi connectivity index (χ4n) is 1.77. The average molecular weight is 291 g/mol. The van der Waals surface area contributed by atoms with Crippen molar-refractivity contribution in [3.05, 3.63) is 33.9 Å². The van der Waals surface area contributed by atoms with Gasteiger partial charge < -0.3 is 4.98 Å². The van der Waals surface area contributed by atoms with Crippen molar-refractivity contribution in [1.29, 1.82) is 0 Å². The van der Waals surface area contributed by atoms with E-state index in [1.165, 1.54) is 0 Å². The second kappa shape index (κ2) is 5.30. The lowest BCUT2D eigenvalue weighted by molar-refractivity contribution is 0.0983. The van der Waals surface area contributed by atoms with Crippen LogP contribution in [0.15, 0.2) is 18.3 Å². The van der Waals surface area contributed by atoms with E-state index in [4.69, 9.17) is 34.8 Å². The third-order valence-electron chi connectivity index (χ3n) is 2.53. The smallest absolute Gasteiger partial charge is 0.165 e. The van der Waals surface area contributed by atoms with Gasteiger partial charge >= 0.3 is 0 Å². The molecule has 0 spiro atoms. The number of rotatable bonds is 4. The van der Waals surface area contributed by atoms with Gasteiger partial charge in [0.05, 0.1) is 5.02 Å². The highest BCUT2D eigenvalue weighted by Crippen LogP contribution is 2.31. The third-order valence-corrected chi connectivity index (χ3v) is 3.32. The molecule has 0 saturated carbocycles. The number of alkyl halides is 1. The lowest BCUT2D eigenvalue weighted by atomic mass is 10.1. The van der Waals surface area contributed by atoms with E-state index >= 15 is 0 Å². The van der Waals surface area contributed by atoms with Gasteiger partial charge in [-0.2, -0.15) is 0 Å². The van der Waals surface area contributed by atoms with Gasteiger partial charge in [0, 0.05) is 40.0 Å². The first-order valence-corrected chi connectivity index (χ1v) is 6.48. The molecule has 2 nitrogen and oxygen atoms in total. The quantitative estimate of drug-likeness (QED) is 0.644. The van der Waals surface area contributed by atoms with E-state index in [0.29, 0.717) is 34.3 Å². The normalized spacial score (nSPS) is 11.0. The van der Waals surface area contributed by atoms with Crippen LogP contribution in [0.2, 0.25) is 10.0 Å². The molecule has 90 valence electrons. The first-order valence-electron chi connectivity index (χ1n) is 5.18. The lowest BCUT2D eigenvalue weighted by Gasteiger charge is -2.00. The second-order valence-electron chi connectivity index (χ2n) is 3.73. The molecule has 1 heterocycles. The Morgan fingerprint density at radius 3 is 2.76 bits per heavy atom. The van der Waals surface area contributed by atoms with Crippen molar-refractivity contribution in [2.24, 2.45) is 0 Å². The standard InChI is InChI=1S/C12H10Cl3NO/c13-3-1-2-11(17)8-6-16-10-5-7(14)4-9(15)12(8)10/h4-6,16H,1-3H2. The van der Waals surface area contributed by atoms with Crippen LogP contribution in [0.4, 0.5) is 0 Å². The average Bonchev–Trinajstić information content (AvgIpc) is 2.69. The maximum atomic E-state index is 11.9. The Balaban J connectivity index is 2.45. The van der Waals surface area contributed by atoms with Crippen molar-refractivity contribution >= 4 is 51.5 Å². The van der Waals surface area contributed by atoms with Crippen molar-refractivity contribution in [3.8, 4) is 0 Å². The summed E-state index contributed by atoms with van der Waals surface area (Å²) in [4.78, 5) is 14.9. The number of fused-ring (bicyclic) bond motifs is 1. The molecule has 5 heteroatoms. The molecule has 0 atom stereocenters. The Hall–Kier alpha value is -0.700. The minimum Gasteiger partial charge on any atom is -0.360 e. The first-order chi connectivity index (χ1) is 8.13. The highest BCUT2D eigenvalue weighted by molar-refractivity contribution is 6.39. The summed E-state index contributed by atoms with van der Waals surface area (Å²) in [5.74, 6) is 0.523. The minimum absolute atomic E-state index is 0.0427. The van der Waals surface area contributed by atoms with E-state index in [-0.39, 0.29) is 5.78 Å². The maximum absolute atomic E-state index is 11.9. The fraction of sp³-hybridized carbons (Fsp3) is 0.250. The Labute approximate surface area is 114 Å². The number of halogens is 3. The third kappa shape index (κ3) is 2.59. The predicted molar refractivity (Wildman–Crippen MR) is 72.6 cm³/mol. The van der Waals surface area contributed by atoms with Crippen molar-refractivity contribution in [1.82, 2.24) is 4.98 Å². The summed E-state index contributed by atoms with van der Waals surface area (Å²) in [7, 11) is 0. The Morgan fingerprint density at radius 2 is 2.06 bits per heavy atom. The van der Waals surface area contributed by atoms with Crippen molar-refractivity contribution < 1.29 is 4.79 Å². The number of benzene rings is 1. The summed E-state index contributed by atoms with van der Waals surface area (Å²) in [5.41, 5.74) is 1.38. The van der Waals surface area contributed by atoms with Crippen LogP contribution in [0, 0.1) is 0 Å². The summed E-state index contributed by atoms with van der Waals surface area (Å²) in [6.07, 6.45) is 2.76. The molecular weight excluding hydrogens is 280 g/mol. The van der Waals surface area contributed by atoms with Crippen LogP contribution in [-0.4, -0.2) is 16.6 Å². The summed E-state index contributed by atoms with van der Waals surface area (Å²) >= 11 is 17.6. The molecule has 0 aliphatic heterocycles. The second-order valence-corrected chi connectivity index (χ2v) is 4.95. The van der Waals surface area contributed by atoms with Gasteiger partial charge in [-0.25, -0.2) is 0 Å². The van der Waals surface area contributed by atoms with Gasteiger partial charge in [0.2, 0.25) is 0 Å². The van der Waals surface area contributed by atoms with Crippen molar-refractivity contribution in [3.63, 3.8) is 0 Å². The largest absolute Gasteiger partial charge is 0.360 e. The van der Waals surface area contributed by atoms with Gasteiger partial charge in [0.25, 0.3) is 0 Å². The number of ketones is 1. The molecule has 1 aromatic carbocycles. The fourth-order valence-corrected chi connectivity index (χ4v) is 2.49. The summed E-state index contributed by atoms with van der Waals surface area (Å²) in [5, 5.41) is 1.77. The molecule has 0 aliphatic rings. The maximum Gasteiger partial charge on any atom is 0.165 e. The molecule has 2 aromatic rings. The van der Waals surface area contributed by atoms with Crippen LogP contribution >= 0.6 is 34.8 Å². The predicted octanol–water partition coefficient (Wildman–Crippen LogP) is 4.68. The van der Waals surface area contributed by atoms with E-state index in [9.17, 15) is 4.79 Å². The number of hydrogen-bond donors (Lipinski definition) is 1. The number of aromatic amines is 1. The summed E-state index contributed by atoms with van der Waals surface area (Å²) in [6.45, 7) is 0. The molecule has 17 heavy (non-hydrogen) atoms. The molecule has 0 saturated heterocycles. The Morgan fingerprint density at radius 1 is 1.29 bits per heavy atom. The number of nitrogens with one attached hydrogen (secondary N) is 1. The van der Waals surface area contributed by atoms with E-state index in [2.05, 4.69) is 4.98 Å². The number of aromatic nitrogens is 1. The van der Waals surface area contributed by atoms with Crippen LogP contribution in [-0.2, 0) is 0 Å². The zero-order valence-corrected chi connectivity index (χ0v) is 11.2. The van der Waals surface area contributed by atoms with Gasteiger partial charge in [-0.3, -0.25) is 4.79 Å². The molecule has 2 rings (SSSR count). The lowest BCUT2D eigenvalue weighted by Crippen LogP contribution is -1.98. The summed E-state index contributed by atoms with van der Waals surface area (Å²) in [6, 6.07) is 3.39. The van der Waals surface area contributed by atoms with E-state index in [1.807, 2.05) is 0 Å². The highest BCUT2D eigenvalue weighted by Gasteiger charge is 2.14. The number of H-pyrrole nitrogens is 1. The van der Waals surface area contributed by atoms with Crippen LogP contribution in [0.5, 0.6) is 0 Å². The number of hydrogen-bond acceptors (Lipinski definition) is 1. The van der Waals surface area contributed by atoms with Crippen LogP contribution in [0.3, 0.4) is 0 Å². The molecule has 0 fully saturated rings. The minimum atomic E-state index is 0.0427. The highest BCUT2D eigenvalue weighted by atomic mass is 35.5.